The average molecular weight is 372 g/mol. The summed E-state index contributed by atoms with van der Waals surface area (Å²) in [7, 11) is 4.03. The van der Waals surface area contributed by atoms with Crippen LogP contribution in [0.4, 0.5) is 0 Å². The Bertz CT molecular complexity index is 826. The lowest BCUT2D eigenvalue weighted by Gasteiger charge is -2.43. The minimum atomic E-state index is -0.459. The Morgan fingerprint density at radius 2 is 2.00 bits per heavy atom. The van der Waals surface area contributed by atoms with Crippen LogP contribution in [-0.4, -0.2) is 63.7 Å². The number of amides is 1. The lowest BCUT2D eigenvalue weighted by Crippen LogP contribution is -2.50. The van der Waals surface area contributed by atoms with Crippen molar-refractivity contribution in [3.63, 3.8) is 0 Å². The van der Waals surface area contributed by atoms with Gasteiger partial charge in [0.25, 0.3) is 5.91 Å². The van der Waals surface area contributed by atoms with Crippen LogP contribution in [0.5, 0.6) is 0 Å². The zero-order chi connectivity index (χ0) is 18.5. The molecule has 1 aromatic carbocycles. The zero-order valence-electron chi connectivity index (χ0n) is 15.3. The molecule has 2 aromatic rings. The van der Waals surface area contributed by atoms with Crippen molar-refractivity contribution in [3.8, 4) is 0 Å². The molecular formula is C19H24N4O2S. The van der Waals surface area contributed by atoms with E-state index in [4.69, 9.17) is 0 Å². The summed E-state index contributed by atoms with van der Waals surface area (Å²) in [6.07, 6.45) is 1.08. The number of likely N-dealkylation sites (N-methyl/N-ethyl adjacent to an activating group) is 1. The number of hydrogen-bond acceptors (Lipinski definition) is 6. The highest BCUT2D eigenvalue weighted by molar-refractivity contribution is 7.07. The van der Waals surface area contributed by atoms with Crippen LogP contribution in [0.2, 0.25) is 0 Å². The smallest absolute Gasteiger partial charge is 0.267 e. The van der Waals surface area contributed by atoms with E-state index < -0.39 is 6.10 Å². The fourth-order valence-corrected chi connectivity index (χ4v) is 5.27. The second kappa shape index (κ2) is 6.40. The van der Waals surface area contributed by atoms with Gasteiger partial charge in [-0.05, 0) is 56.5 Å². The number of benzene rings is 1. The molecule has 26 heavy (non-hydrogen) atoms. The van der Waals surface area contributed by atoms with Crippen LogP contribution in [0.25, 0.3) is 0 Å². The van der Waals surface area contributed by atoms with Gasteiger partial charge in [0.15, 0.2) is 0 Å². The number of hydrogen-bond donors (Lipinski definition) is 1. The van der Waals surface area contributed by atoms with Gasteiger partial charge in [0, 0.05) is 18.5 Å². The van der Waals surface area contributed by atoms with Gasteiger partial charge >= 0.3 is 0 Å². The van der Waals surface area contributed by atoms with Gasteiger partial charge in [-0.25, -0.2) is 0 Å². The quantitative estimate of drug-likeness (QED) is 0.873. The number of aliphatic hydroxyl groups excluding tert-OH is 1. The highest BCUT2D eigenvalue weighted by Gasteiger charge is 2.53. The van der Waals surface area contributed by atoms with Crippen molar-refractivity contribution in [2.24, 2.45) is 0 Å². The second-order valence-corrected chi connectivity index (χ2v) is 8.33. The molecule has 7 heteroatoms. The topological polar surface area (TPSA) is 69.6 Å². The van der Waals surface area contributed by atoms with E-state index in [-0.39, 0.29) is 17.4 Å². The minimum Gasteiger partial charge on any atom is -0.390 e. The van der Waals surface area contributed by atoms with Crippen LogP contribution < -0.4 is 0 Å². The maximum absolute atomic E-state index is 12.8. The molecule has 1 spiro atoms. The van der Waals surface area contributed by atoms with Crippen molar-refractivity contribution in [3.05, 3.63) is 46.0 Å². The summed E-state index contributed by atoms with van der Waals surface area (Å²) in [5, 5.41) is 15.2. The third kappa shape index (κ3) is 2.49. The van der Waals surface area contributed by atoms with E-state index in [1.807, 2.05) is 32.0 Å². The normalized spacial score (nSPS) is 24.3. The molecule has 4 rings (SSSR count). The number of carbonyl (C=O) groups excluding carboxylic acids is 1. The molecule has 2 heterocycles. The van der Waals surface area contributed by atoms with E-state index in [9.17, 15) is 9.90 Å². The highest BCUT2D eigenvalue weighted by Crippen LogP contribution is 2.52. The molecule has 1 N–H and O–H groups in total. The average Bonchev–Trinajstić information content (AvgIpc) is 3.16. The summed E-state index contributed by atoms with van der Waals surface area (Å²) in [5.74, 6) is 0.0114. The van der Waals surface area contributed by atoms with Crippen molar-refractivity contribution in [2.75, 3.05) is 27.2 Å². The van der Waals surface area contributed by atoms with E-state index in [0.717, 1.165) is 24.4 Å². The van der Waals surface area contributed by atoms with Crippen molar-refractivity contribution in [1.82, 2.24) is 19.4 Å². The van der Waals surface area contributed by atoms with Crippen LogP contribution in [-0.2, 0) is 5.41 Å². The second-order valence-electron chi connectivity index (χ2n) is 7.58. The number of carbonyl (C=O) groups is 1. The van der Waals surface area contributed by atoms with Crippen molar-refractivity contribution < 1.29 is 9.90 Å². The third-order valence-electron chi connectivity index (χ3n) is 6.03. The Labute approximate surface area is 157 Å². The molecule has 2 aliphatic rings. The maximum atomic E-state index is 12.8. The van der Waals surface area contributed by atoms with Crippen LogP contribution in [0.1, 0.15) is 45.4 Å². The van der Waals surface area contributed by atoms with E-state index >= 15 is 0 Å². The lowest BCUT2D eigenvalue weighted by molar-refractivity contribution is -0.00138. The maximum Gasteiger partial charge on any atom is 0.267 e. The predicted molar refractivity (Wildman–Crippen MR) is 100 cm³/mol. The van der Waals surface area contributed by atoms with Crippen molar-refractivity contribution in [1.29, 1.82) is 0 Å². The Morgan fingerprint density at radius 3 is 2.62 bits per heavy atom. The molecule has 1 aliphatic heterocycles. The number of aromatic nitrogens is 2. The van der Waals surface area contributed by atoms with Gasteiger partial charge in [0.05, 0.1) is 17.8 Å². The summed E-state index contributed by atoms with van der Waals surface area (Å²) in [4.78, 5) is 17.4. The molecule has 1 fully saturated rings. The molecule has 0 radical (unpaired) electrons. The Hall–Kier alpha value is -1.83. The third-order valence-corrected chi connectivity index (χ3v) is 6.84. The number of nitrogens with zero attached hydrogens (tertiary/aromatic N) is 4. The van der Waals surface area contributed by atoms with Crippen molar-refractivity contribution >= 4 is 17.4 Å². The number of aliphatic hydroxyl groups is 1. The molecule has 2 atom stereocenters. The van der Waals surface area contributed by atoms with Crippen LogP contribution in [0.15, 0.2) is 24.3 Å². The van der Waals surface area contributed by atoms with E-state index in [1.54, 1.807) is 0 Å². The number of rotatable bonds is 2. The molecule has 1 amide bonds. The van der Waals surface area contributed by atoms with E-state index in [2.05, 4.69) is 32.7 Å². The molecule has 0 unspecified atom stereocenters. The molecule has 1 saturated heterocycles. The number of piperidine rings is 1. The summed E-state index contributed by atoms with van der Waals surface area (Å²) < 4.78 is 3.88. The zero-order valence-corrected chi connectivity index (χ0v) is 16.2. The Kier molecular flexibility index (Phi) is 4.33. The van der Waals surface area contributed by atoms with E-state index in [1.165, 1.54) is 11.1 Å². The summed E-state index contributed by atoms with van der Waals surface area (Å²) in [6, 6.07) is 8.37. The first-order valence-electron chi connectivity index (χ1n) is 8.98. The molecule has 1 aromatic heterocycles. The van der Waals surface area contributed by atoms with Crippen molar-refractivity contribution in [2.45, 2.75) is 37.3 Å². The SMILES string of the molecule is Cc1nnsc1C(=O)N1CCC2(CC1)c1ccccc1[C@H](N(C)C)[C@H]2O. The van der Waals surface area contributed by atoms with Gasteiger partial charge in [-0.3, -0.25) is 4.79 Å². The van der Waals surface area contributed by atoms with Gasteiger partial charge in [-0.1, -0.05) is 28.8 Å². The number of fused-ring (bicyclic) bond motifs is 2. The lowest BCUT2D eigenvalue weighted by atomic mass is 9.72. The van der Waals surface area contributed by atoms with Gasteiger partial charge in [-0.2, -0.15) is 0 Å². The number of aryl methyl sites for hydroxylation is 1. The van der Waals surface area contributed by atoms with Gasteiger partial charge in [-0.15, -0.1) is 5.10 Å². The summed E-state index contributed by atoms with van der Waals surface area (Å²) >= 11 is 1.16. The predicted octanol–water partition coefficient (Wildman–Crippen LogP) is 2.00. The molecular weight excluding hydrogens is 348 g/mol. The highest BCUT2D eigenvalue weighted by atomic mass is 32.1. The minimum absolute atomic E-state index is 0.00129. The van der Waals surface area contributed by atoms with Gasteiger partial charge in [0.2, 0.25) is 0 Å². The first kappa shape index (κ1) is 17.6. The van der Waals surface area contributed by atoms with E-state index in [0.29, 0.717) is 23.7 Å². The first-order valence-corrected chi connectivity index (χ1v) is 9.75. The molecule has 1 aliphatic carbocycles. The first-order chi connectivity index (χ1) is 12.5. The largest absolute Gasteiger partial charge is 0.390 e. The fourth-order valence-electron chi connectivity index (χ4n) is 4.65. The number of likely N-dealkylation sites (tertiary alicyclic amines) is 1. The summed E-state index contributed by atoms with van der Waals surface area (Å²) in [5.41, 5.74) is 2.88. The Balaban J connectivity index is 1.60. The molecule has 0 saturated carbocycles. The van der Waals surface area contributed by atoms with Crippen LogP contribution >= 0.6 is 11.5 Å². The molecule has 138 valence electrons. The van der Waals surface area contributed by atoms with Crippen LogP contribution in [0.3, 0.4) is 0 Å². The van der Waals surface area contributed by atoms with Gasteiger partial charge in [0.1, 0.15) is 4.88 Å². The molecule has 6 nitrogen and oxygen atoms in total. The Morgan fingerprint density at radius 1 is 1.31 bits per heavy atom. The molecule has 0 bridgehead atoms. The fraction of sp³-hybridized carbons (Fsp3) is 0.526. The monoisotopic (exact) mass is 372 g/mol. The van der Waals surface area contributed by atoms with Crippen LogP contribution in [0, 0.1) is 6.92 Å². The standard InChI is InChI=1S/C19H24N4O2S/c1-12-16(26-21-20-12)18(25)23-10-8-19(9-11-23)14-7-5-4-6-13(14)15(17(19)24)22(2)3/h4-7,15,17,24H,8-11H2,1-3H3/t15-,17+/m0/s1. The summed E-state index contributed by atoms with van der Waals surface area (Å²) in [6.45, 7) is 3.10. The van der Waals surface area contributed by atoms with Gasteiger partial charge < -0.3 is 14.9 Å².